The summed E-state index contributed by atoms with van der Waals surface area (Å²) in [7, 11) is 0. The lowest BCUT2D eigenvalue weighted by atomic mass is 10.1. The van der Waals surface area contributed by atoms with E-state index in [1.807, 2.05) is 25.1 Å². The van der Waals surface area contributed by atoms with E-state index in [2.05, 4.69) is 43.9 Å². The van der Waals surface area contributed by atoms with Crippen LogP contribution in [0, 0.1) is 0 Å². The number of hydrogen-bond donors (Lipinski definition) is 0. The van der Waals surface area contributed by atoms with Gasteiger partial charge in [0, 0.05) is 16.6 Å². The predicted octanol–water partition coefficient (Wildman–Crippen LogP) is 5.11. The van der Waals surface area contributed by atoms with Gasteiger partial charge < -0.3 is 4.74 Å². The van der Waals surface area contributed by atoms with Crippen molar-refractivity contribution in [2.45, 2.75) is 26.8 Å². The number of carbonyl (C=O) groups is 1. The van der Waals surface area contributed by atoms with Crippen LogP contribution in [0.5, 0.6) is 5.75 Å². The summed E-state index contributed by atoms with van der Waals surface area (Å²) in [6, 6.07) is 5.75. The number of aromatic nitrogens is 2. The summed E-state index contributed by atoms with van der Waals surface area (Å²) in [5.41, 5.74) is 1.41. The van der Waals surface area contributed by atoms with Crippen molar-refractivity contribution >= 4 is 43.7 Å². The van der Waals surface area contributed by atoms with Crippen molar-refractivity contribution in [3.63, 3.8) is 0 Å². The van der Waals surface area contributed by atoms with Gasteiger partial charge in [-0.05, 0) is 59.6 Å². The number of rotatable bonds is 7. The number of aryl methyl sites for hydroxylation is 1. The fraction of sp³-hybridized carbons (Fsp3) is 0.294. The number of ketones is 1. The Labute approximate surface area is 152 Å². The maximum Gasteiger partial charge on any atom is 0.205 e. The highest BCUT2D eigenvalue weighted by Crippen LogP contribution is 2.25. The minimum absolute atomic E-state index is 0.0994. The first-order valence-electron chi connectivity index (χ1n) is 7.42. The van der Waals surface area contributed by atoms with E-state index >= 15 is 0 Å². The molecule has 0 unspecified atom stereocenters. The van der Waals surface area contributed by atoms with Crippen molar-refractivity contribution in [2.75, 3.05) is 6.61 Å². The molecule has 0 saturated carbocycles. The molecule has 0 atom stereocenters. The van der Waals surface area contributed by atoms with Crippen molar-refractivity contribution < 1.29 is 9.53 Å². The molecule has 0 amide bonds. The van der Waals surface area contributed by atoms with Crippen LogP contribution in [0.15, 0.2) is 39.4 Å². The van der Waals surface area contributed by atoms with E-state index in [4.69, 9.17) is 4.74 Å². The molecule has 2 rings (SSSR count). The maximum atomic E-state index is 12.5. The lowest BCUT2D eigenvalue weighted by Crippen LogP contribution is -2.08. The van der Waals surface area contributed by atoms with Crippen molar-refractivity contribution in [1.29, 1.82) is 0 Å². The highest BCUT2D eigenvalue weighted by Gasteiger charge is 2.14. The SMILES string of the molecule is CCCOc1ccc(Br)cc1/C=C/C(=O)c1c(Br)cnn1CC. The molecule has 1 heterocycles. The van der Waals surface area contributed by atoms with Crippen LogP contribution in [0.25, 0.3) is 6.08 Å². The average molecular weight is 442 g/mol. The van der Waals surface area contributed by atoms with Crippen LogP contribution in [0.1, 0.15) is 36.3 Å². The molecule has 0 fully saturated rings. The lowest BCUT2D eigenvalue weighted by Gasteiger charge is -2.08. The van der Waals surface area contributed by atoms with Gasteiger partial charge in [0.05, 0.1) is 17.3 Å². The lowest BCUT2D eigenvalue weighted by molar-refractivity contribution is 0.103. The Morgan fingerprint density at radius 1 is 1.35 bits per heavy atom. The summed E-state index contributed by atoms with van der Waals surface area (Å²) in [4.78, 5) is 12.5. The molecular weight excluding hydrogens is 424 g/mol. The first kappa shape index (κ1) is 17.9. The molecule has 1 aromatic carbocycles. The zero-order valence-corrected chi connectivity index (χ0v) is 16.2. The van der Waals surface area contributed by atoms with E-state index in [0.717, 1.165) is 22.2 Å². The first-order chi connectivity index (χ1) is 11.1. The quantitative estimate of drug-likeness (QED) is 0.442. The fourth-order valence-corrected chi connectivity index (χ4v) is 2.96. The summed E-state index contributed by atoms with van der Waals surface area (Å²) in [6.07, 6.45) is 5.90. The van der Waals surface area contributed by atoms with Crippen LogP contribution in [0.3, 0.4) is 0 Å². The minimum atomic E-state index is -0.0994. The topological polar surface area (TPSA) is 44.1 Å². The van der Waals surface area contributed by atoms with Crippen LogP contribution < -0.4 is 4.74 Å². The molecule has 0 bridgehead atoms. The number of carbonyl (C=O) groups excluding carboxylic acids is 1. The van der Waals surface area contributed by atoms with Gasteiger partial charge in [0.1, 0.15) is 11.4 Å². The first-order valence-corrected chi connectivity index (χ1v) is 9.01. The standard InChI is InChI=1S/C17H18Br2N2O2/c1-3-9-23-16-8-6-13(18)10-12(16)5-7-15(22)17-14(19)11-20-21(17)4-2/h5-8,10-11H,3-4,9H2,1-2H3/b7-5+. The second kappa shape index (κ2) is 8.45. The number of ether oxygens (including phenoxy) is 1. The molecule has 2 aromatic rings. The van der Waals surface area contributed by atoms with Gasteiger partial charge in [-0.25, -0.2) is 0 Å². The van der Waals surface area contributed by atoms with Crippen LogP contribution >= 0.6 is 31.9 Å². The predicted molar refractivity (Wildman–Crippen MR) is 98.9 cm³/mol. The Kier molecular flexibility index (Phi) is 6.59. The van der Waals surface area contributed by atoms with Crippen LogP contribution in [-0.4, -0.2) is 22.2 Å². The van der Waals surface area contributed by atoms with Crippen molar-refractivity contribution in [1.82, 2.24) is 9.78 Å². The van der Waals surface area contributed by atoms with Crippen LogP contribution in [0.2, 0.25) is 0 Å². The third-order valence-electron chi connectivity index (χ3n) is 3.18. The molecule has 0 radical (unpaired) electrons. The van der Waals surface area contributed by atoms with E-state index < -0.39 is 0 Å². The summed E-state index contributed by atoms with van der Waals surface area (Å²) in [6.45, 7) is 5.29. The molecule has 4 nitrogen and oxygen atoms in total. The van der Waals surface area contributed by atoms with Gasteiger partial charge in [0.25, 0.3) is 0 Å². The molecule has 0 aliphatic heterocycles. The van der Waals surface area contributed by atoms with Gasteiger partial charge >= 0.3 is 0 Å². The molecule has 0 N–H and O–H groups in total. The number of allylic oxidation sites excluding steroid dienone is 1. The maximum absolute atomic E-state index is 12.5. The molecule has 0 spiro atoms. The summed E-state index contributed by atoms with van der Waals surface area (Å²) >= 11 is 6.82. The van der Waals surface area contributed by atoms with E-state index in [-0.39, 0.29) is 5.78 Å². The largest absolute Gasteiger partial charge is 0.493 e. The minimum Gasteiger partial charge on any atom is -0.493 e. The summed E-state index contributed by atoms with van der Waals surface area (Å²) in [5, 5.41) is 4.17. The Balaban J connectivity index is 2.27. The highest BCUT2D eigenvalue weighted by molar-refractivity contribution is 9.10. The molecule has 1 aromatic heterocycles. The average Bonchev–Trinajstić information content (AvgIpc) is 2.92. The number of benzene rings is 1. The Morgan fingerprint density at radius 2 is 2.13 bits per heavy atom. The third kappa shape index (κ3) is 4.54. The Morgan fingerprint density at radius 3 is 2.83 bits per heavy atom. The Hall–Kier alpha value is -1.40. The normalized spacial score (nSPS) is 11.1. The van der Waals surface area contributed by atoms with Gasteiger partial charge in [0.15, 0.2) is 0 Å². The van der Waals surface area contributed by atoms with Gasteiger partial charge in [-0.2, -0.15) is 5.10 Å². The van der Waals surface area contributed by atoms with Gasteiger partial charge in [-0.15, -0.1) is 0 Å². The van der Waals surface area contributed by atoms with Gasteiger partial charge in [0.2, 0.25) is 5.78 Å². The number of nitrogens with zero attached hydrogens (tertiary/aromatic N) is 2. The highest BCUT2D eigenvalue weighted by atomic mass is 79.9. The molecule has 122 valence electrons. The van der Waals surface area contributed by atoms with Crippen molar-refractivity contribution in [2.24, 2.45) is 0 Å². The Bertz CT molecular complexity index is 723. The molecule has 0 aliphatic rings. The number of halogens is 2. The second-order valence-corrected chi connectivity index (χ2v) is 6.66. The van der Waals surface area contributed by atoms with E-state index in [1.54, 1.807) is 23.0 Å². The second-order valence-electron chi connectivity index (χ2n) is 4.89. The third-order valence-corrected chi connectivity index (χ3v) is 4.25. The molecule has 23 heavy (non-hydrogen) atoms. The molecule has 0 aliphatic carbocycles. The fourth-order valence-electron chi connectivity index (χ4n) is 2.08. The monoisotopic (exact) mass is 440 g/mol. The number of hydrogen-bond acceptors (Lipinski definition) is 3. The molecule has 6 heteroatoms. The van der Waals surface area contributed by atoms with E-state index in [1.165, 1.54) is 0 Å². The smallest absolute Gasteiger partial charge is 0.205 e. The van der Waals surface area contributed by atoms with Crippen molar-refractivity contribution in [3.8, 4) is 5.75 Å². The van der Waals surface area contributed by atoms with Crippen LogP contribution in [-0.2, 0) is 6.54 Å². The summed E-state index contributed by atoms with van der Waals surface area (Å²) in [5.74, 6) is 0.666. The van der Waals surface area contributed by atoms with E-state index in [9.17, 15) is 4.79 Å². The molecular formula is C17H18Br2N2O2. The zero-order valence-electron chi connectivity index (χ0n) is 13.1. The van der Waals surface area contributed by atoms with Gasteiger partial charge in [-0.3, -0.25) is 9.48 Å². The van der Waals surface area contributed by atoms with Gasteiger partial charge in [-0.1, -0.05) is 22.9 Å². The summed E-state index contributed by atoms with van der Waals surface area (Å²) < 4.78 is 9.03. The van der Waals surface area contributed by atoms with E-state index in [0.29, 0.717) is 23.3 Å². The molecule has 0 saturated heterocycles. The zero-order chi connectivity index (χ0) is 16.8. The van der Waals surface area contributed by atoms with Crippen molar-refractivity contribution in [3.05, 3.63) is 50.7 Å². The van der Waals surface area contributed by atoms with Crippen LogP contribution in [0.4, 0.5) is 0 Å².